The molecular weight excluding hydrogens is 316 g/mol. The maximum absolute atomic E-state index is 12.2. The molecule has 0 aliphatic heterocycles. The number of pyridine rings is 1. The lowest BCUT2D eigenvalue weighted by atomic mass is 10.1. The number of hydrogen-bond donors (Lipinski definition) is 1. The highest BCUT2D eigenvalue weighted by molar-refractivity contribution is 5.76. The summed E-state index contributed by atoms with van der Waals surface area (Å²) in [4.78, 5) is 25.2. The Labute approximate surface area is 146 Å². The lowest BCUT2D eigenvalue weighted by Gasteiger charge is -2.16. The van der Waals surface area contributed by atoms with Gasteiger partial charge in [0, 0.05) is 41.6 Å². The van der Waals surface area contributed by atoms with E-state index in [1.165, 1.54) is 0 Å². The van der Waals surface area contributed by atoms with E-state index in [-0.39, 0.29) is 18.5 Å². The average molecular weight is 336 g/mol. The van der Waals surface area contributed by atoms with Crippen LogP contribution in [0.3, 0.4) is 0 Å². The van der Waals surface area contributed by atoms with Crippen LogP contribution >= 0.6 is 0 Å². The zero-order valence-corrected chi connectivity index (χ0v) is 14.5. The number of rotatable bonds is 5. The van der Waals surface area contributed by atoms with Gasteiger partial charge in [0.25, 0.3) is 0 Å². The fourth-order valence-electron chi connectivity index (χ4n) is 2.61. The molecule has 1 N–H and O–H groups in total. The Hall–Kier alpha value is -3.09. The standard InChI is InChI=1S/C18H20N6O/c1-12-8-21-24(10-12)11-17(25)22-13(2)16-9-20-18(23-14(16)3)15-4-6-19-7-5-15/h4-10,13H,11H2,1-3H3,(H,22,25)/t13-/m1/s1. The fourth-order valence-corrected chi connectivity index (χ4v) is 2.61. The van der Waals surface area contributed by atoms with Crippen LogP contribution in [-0.2, 0) is 11.3 Å². The molecule has 1 atom stereocenters. The first kappa shape index (κ1) is 16.8. The highest BCUT2D eigenvalue weighted by atomic mass is 16.2. The normalized spacial score (nSPS) is 12.0. The van der Waals surface area contributed by atoms with Gasteiger partial charge in [0.1, 0.15) is 6.54 Å². The van der Waals surface area contributed by atoms with Gasteiger partial charge in [0.2, 0.25) is 5.91 Å². The van der Waals surface area contributed by atoms with Gasteiger partial charge in [-0.1, -0.05) is 0 Å². The van der Waals surface area contributed by atoms with Gasteiger partial charge >= 0.3 is 0 Å². The highest BCUT2D eigenvalue weighted by Crippen LogP contribution is 2.19. The average Bonchev–Trinajstić information content (AvgIpc) is 3.00. The minimum absolute atomic E-state index is 0.104. The van der Waals surface area contributed by atoms with E-state index >= 15 is 0 Å². The monoisotopic (exact) mass is 336 g/mol. The van der Waals surface area contributed by atoms with Gasteiger partial charge in [-0.05, 0) is 38.5 Å². The van der Waals surface area contributed by atoms with Gasteiger partial charge < -0.3 is 5.32 Å². The van der Waals surface area contributed by atoms with Crippen molar-refractivity contribution in [1.82, 2.24) is 30.0 Å². The molecule has 0 fully saturated rings. The van der Waals surface area contributed by atoms with E-state index in [0.717, 1.165) is 22.4 Å². The summed E-state index contributed by atoms with van der Waals surface area (Å²) in [5, 5.41) is 7.09. The van der Waals surface area contributed by atoms with Crippen LogP contribution in [0.25, 0.3) is 11.4 Å². The molecule has 3 rings (SSSR count). The summed E-state index contributed by atoms with van der Waals surface area (Å²) in [5.74, 6) is 0.544. The third-order valence-corrected chi connectivity index (χ3v) is 3.87. The van der Waals surface area contributed by atoms with E-state index in [4.69, 9.17) is 0 Å². The molecule has 7 heteroatoms. The summed E-state index contributed by atoms with van der Waals surface area (Å²) < 4.78 is 1.62. The molecule has 0 radical (unpaired) electrons. The maximum Gasteiger partial charge on any atom is 0.242 e. The van der Waals surface area contributed by atoms with E-state index < -0.39 is 0 Å². The number of amides is 1. The van der Waals surface area contributed by atoms with E-state index in [0.29, 0.717) is 5.82 Å². The molecule has 0 bridgehead atoms. The van der Waals surface area contributed by atoms with Gasteiger partial charge in [0.15, 0.2) is 5.82 Å². The number of carbonyl (C=O) groups excluding carboxylic acids is 1. The number of hydrogen-bond acceptors (Lipinski definition) is 5. The van der Waals surface area contributed by atoms with E-state index in [9.17, 15) is 4.79 Å². The zero-order chi connectivity index (χ0) is 17.8. The van der Waals surface area contributed by atoms with Crippen LogP contribution in [0, 0.1) is 13.8 Å². The minimum atomic E-state index is -0.185. The summed E-state index contributed by atoms with van der Waals surface area (Å²) in [5.41, 5.74) is 3.67. The molecule has 0 spiro atoms. The molecule has 0 aliphatic rings. The smallest absolute Gasteiger partial charge is 0.242 e. The minimum Gasteiger partial charge on any atom is -0.348 e. The van der Waals surface area contributed by atoms with Crippen molar-refractivity contribution in [3.05, 3.63) is 59.9 Å². The Morgan fingerprint density at radius 2 is 2.00 bits per heavy atom. The molecule has 128 valence electrons. The van der Waals surface area contributed by atoms with Crippen molar-refractivity contribution in [1.29, 1.82) is 0 Å². The third kappa shape index (κ3) is 4.06. The Balaban J connectivity index is 1.69. The Kier molecular flexibility index (Phi) is 4.83. The molecule has 3 heterocycles. The fraction of sp³-hybridized carbons (Fsp3) is 0.278. The topological polar surface area (TPSA) is 85.6 Å². The Bertz CT molecular complexity index is 874. The first-order chi connectivity index (χ1) is 12.0. The summed E-state index contributed by atoms with van der Waals surface area (Å²) in [7, 11) is 0. The van der Waals surface area contributed by atoms with Crippen LogP contribution < -0.4 is 5.32 Å². The third-order valence-electron chi connectivity index (χ3n) is 3.87. The molecular formula is C18H20N6O. The zero-order valence-electron chi connectivity index (χ0n) is 14.5. The van der Waals surface area contributed by atoms with Gasteiger partial charge in [-0.3, -0.25) is 14.5 Å². The van der Waals surface area contributed by atoms with Crippen molar-refractivity contribution in [2.24, 2.45) is 0 Å². The van der Waals surface area contributed by atoms with E-state index in [1.807, 2.05) is 39.1 Å². The molecule has 0 aromatic carbocycles. The summed E-state index contributed by atoms with van der Waals surface area (Å²) in [6, 6.07) is 3.55. The lowest BCUT2D eigenvalue weighted by Crippen LogP contribution is -2.30. The molecule has 3 aromatic rings. The van der Waals surface area contributed by atoms with Crippen LogP contribution in [0.1, 0.15) is 29.8 Å². The molecule has 0 aliphatic carbocycles. The second kappa shape index (κ2) is 7.21. The lowest BCUT2D eigenvalue weighted by molar-refractivity contribution is -0.122. The van der Waals surface area contributed by atoms with Gasteiger partial charge in [0.05, 0.1) is 12.2 Å². The van der Waals surface area contributed by atoms with Gasteiger partial charge in [-0.2, -0.15) is 5.10 Å². The van der Waals surface area contributed by atoms with Crippen molar-refractivity contribution in [3.63, 3.8) is 0 Å². The highest BCUT2D eigenvalue weighted by Gasteiger charge is 2.15. The number of nitrogens with zero attached hydrogens (tertiary/aromatic N) is 5. The quantitative estimate of drug-likeness (QED) is 0.772. The molecule has 0 unspecified atom stereocenters. The molecule has 0 saturated heterocycles. The summed E-state index contributed by atoms with van der Waals surface area (Å²) in [6.07, 6.45) is 8.75. The summed E-state index contributed by atoms with van der Waals surface area (Å²) in [6.45, 7) is 5.97. The second-order valence-electron chi connectivity index (χ2n) is 5.97. The molecule has 25 heavy (non-hydrogen) atoms. The van der Waals surface area contributed by atoms with Crippen LogP contribution in [0.5, 0.6) is 0 Å². The Morgan fingerprint density at radius 3 is 2.64 bits per heavy atom. The SMILES string of the molecule is Cc1cnn(CC(=O)N[C@H](C)c2cnc(-c3ccncc3)nc2C)c1. The summed E-state index contributed by atoms with van der Waals surface area (Å²) >= 11 is 0. The number of nitrogens with one attached hydrogen (secondary N) is 1. The van der Waals surface area contributed by atoms with Gasteiger partial charge in [-0.25, -0.2) is 9.97 Å². The van der Waals surface area contributed by atoms with Crippen molar-refractivity contribution >= 4 is 5.91 Å². The van der Waals surface area contributed by atoms with Crippen LogP contribution in [0.15, 0.2) is 43.1 Å². The van der Waals surface area contributed by atoms with Crippen molar-refractivity contribution in [2.75, 3.05) is 0 Å². The first-order valence-corrected chi connectivity index (χ1v) is 8.05. The van der Waals surface area contributed by atoms with Crippen molar-refractivity contribution in [3.8, 4) is 11.4 Å². The molecule has 1 amide bonds. The largest absolute Gasteiger partial charge is 0.348 e. The first-order valence-electron chi connectivity index (χ1n) is 8.05. The number of carbonyl (C=O) groups is 1. The van der Waals surface area contributed by atoms with Crippen molar-refractivity contribution < 1.29 is 4.79 Å². The van der Waals surface area contributed by atoms with E-state index in [2.05, 4.69) is 25.4 Å². The number of aryl methyl sites for hydroxylation is 2. The van der Waals surface area contributed by atoms with Crippen LogP contribution in [0.4, 0.5) is 0 Å². The van der Waals surface area contributed by atoms with E-state index in [1.54, 1.807) is 29.5 Å². The number of aromatic nitrogens is 5. The molecule has 7 nitrogen and oxygen atoms in total. The Morgan fingerprint density at radius 1 is 1.24 bits per heavy atom. The van der Waals surface area contributed by atoms with Crippen LogP contribution in [0.2, 0.25) is 0 Å². The second-order valence-corrected chi connectivity index (χ2v) is 5.97. The van der Waals surface area contributed by atoms with Gasteiger partial charge in [-0.15, -0.1) is 0 Å². The van der Waals surface area contributed by atoms with Crippen LogP contribution in [-0.4, -0.2) is 30.6 Å². The predicted octanol–water partition coefficient (Wildman–Crippen LogP) is 2.23. The predicted molar refractivity (Wildman–Crippen MR) is 93.5 cm³/mol. The molecule has 3 aromatic heterocycles. The molecule has 0 saturated carbocycles. The maximum atomic E-state index is 12.2. The van der Waals surface area contributed by atoms with Crippen molar-refractivity contribution in [2.45, 2.75) is 33.4 Å².